The van der Waals surface area contributed by atoms with Crippen LogP contribution in [0.5, 0.6) is 0 Å². The van der Waals surface area contributed by atoms with E-state index >= 15 is 0 Å². The van der Waals surface area contributed by atoms with Crippen molar-refractivity contribution in [3.05, 3.63) is 0 Å². The second-order valence-corrected chi connectivity index (χ2v) is 9.66. The number of carbonyl (C=O) groups is 1. The maximum Gasteiger partial charge on any atom is 0.323 e. The van der Waals surface area contributed by atoms with Gasteiger partial charge >= 0.3 is 5.97 Å². The number of piperidine rings is 1. The Bertz CT molecular complexity index is 501. The highest BCUT2D eigenvalue weighted by Gasteiger charge is 2.40. The van der Waals surface area contributed by atoms with Crippen LogP contribution in [0.3, 0.4) is 0 Å². The summed E-state index contributed by atoms with van der Waals surface area (Å²) in [5, 5.41) is 10.1. The van der Waals surface area contributed by atoms with E-state index in [4.69, 9.17) is 9.57 Å². The van der Waals surface area contributed by atoms with E-state index < -0.39 is 11.2 Å². The fourth-order valence-electron chi connectivity index (χ4n) is 4.19. The fourth-order valence-corrected chi connectivity index (χ4v) is 4.19. The van der Waals surface area contributed by atoms with Gasteiger partial charge in [-0.05, 0) is 85.4 Å². The normalized spacial score (nSPS) is 24.8. The number of rotatable bonds is 11. The van der Waals surface area contributed by atoms with Crippen molar-refractivity contribution in [2.24, 2.45) is 5.92 Å². The van der Waals surface area contributed by atoms with E-state index in [1.807, 2.05) is 13.8 Å². The summed E-state index contributed by atoms with van der Waals surface area (Å²) in [5.74, 6) is 0.228. The van der Waals surface area contributed by atoms with Crippen LogP contribution in [0.25, 0.3) is 0 Å². The highest BCUT2D eigenvalue weighted by molar-refractivity contribution is 5.76. The lowest BCUT2D eigenvalue weighted by Crippen LogP contribution is -2.50. The minimum atomic E-state index is -0.934. The maximum atomic E-state index is 12.5. The smallest absolute Gasteiger partial charge is 0.323 e. The predicted molar refractivity (Wildman–Crippen MR) is 114 cm³/mol. The van der Waals surface area contributed by atoms with Crippen LogP contribution >= 0.6 is 0 Å². The monoisotopic (exact) mass is 413 g/mol. The molecular formula is C22H43N3O4. The summed E-state index contributed by atoms with van der Waals surface area (Å²) in [7, 11) is 1.49. The van der Waals surface area contributed by atoms with Crippen LogP contribution in [0, 0.1) is 5.92 Å². The predicted octanol–water partition coefficient (Wildman–Crippen LogP) is 2.19. The average molecular weight is 414 g/mol. The number of aliphatic hydroxyl groups is 1. The molecule has 0 aromatic heterocycles. The largest absolute Gasteiger partial charge is 0.468 e. The third kappa shape index (κ3) is 7.17. The van der Waals surface area contributed by atoms with Crippen molar-refractivity contribution >= 4 is 5.97 Å². The van der Waals surface area contributed by atoms with Gasteiger partial charge in [0, 0.05) is 19.6 Å². The molecule has 2 N–H and O–H groups in total. The van der Waals surface area contributed by atoms with Crippen molar-refractivity contribution in [3.8, 4) is 0 Å². The van der Waals surface area contributed by atoms with Crippen molar-refractivity contribution in [3.63, 3.8) is 0 Å². The summed E-state index contributed by atoms with van der Waals surface area (Å²) >= 11 is 0. The Hall–Kier alpha value is -0.730. The number of ether oxygens (including phenoxy) is 1. The summed E-state index contributed by atoms with van der Waals surface area (Å²) in [6.07, 6.45) is 6.84. The molecule has 0 aromatic carbocycles. The number of esters is 1. The van der Waals surface area contributed by atoms with Gasteiger partial charge in [-0.25, -0.2) is 5.48 Å². The number of nitrogens with zero attached hydrogens (tertiary/aromatic N) is 2. The third-order valence-electron chi connectivity index (χ3n) is 6.88. The number of likely N-dealkylation sites (tertiary alicyclic amines) is 2. The van der Waals surface area contributed by atoms with Gasteiger partial charge in [-0.1, -0.05) is 6.42 Å². The van der Waals surface area contributed by atoms with Crippen LogP contribution in [0.15, 0.2) is 0 Å². The Labute approximate surface area is 177 Å². The van der Waals surface area contributed by atoms with E-state index in [0.717, 1.165) is 38.9 Å². The summed E-state index contributed by atoms with van der Waals surface area (Å²) in [6.45, 7) is 13.2. The Morgan fingerprint density at radius 1 is 1.10 bits per heavy atom. The van der Waals surface area contributed by atoms with E-state index in [-0.39, 0.29) is 12.0 Å². The zero-order chi connectivity index (χ0) is 21.5. The van der Waals surface area contributed by atoms with Gasteiger partial charge in [0.25, 0.3) is 0 Å². The van der Waals surface area contributed by atoms with Crippen LogP contribution in [-0.2, 0) is 14.4 Å². The first-order valence-corrected chi connectivity index (χ1v) is 11.3. The van der Waals surface area contributed by atoms with Gasteiger partial charge in [-0.3, -0.25) is 14.5 Å². The third-order valence-corrected chi connectivity index (χ3v) is 6.88. The number of hydrogen-bond donors (Lipinski definition) is 2. The van der Waals surface area contributed by atoms with E-state index in [2.05, 4.69) is 15.3 Å². The van der Waals surface area contributed by atoms with Crippen molar-refractivity contribution in [1.29, 1.82) is 0 Å². The molecule has 2 heterocycles. The van der Waals surface area contributed by atoms with E-state index in [0.29, 0.717) is 12.5 Å². The second kappa shape index (κ2) is 11.0. The maximum absolute atomic E-state index is 12.5. The lowest BCUT2D eigenvalue weighted by atomic mass is 9.90. The highest BCUT2D eigenvalue weighted by atomic mass is 16.7. The Morgan fingerprint density at radius 3 is 2.41 bits per heavy atom. The van der Waals surface area contributed by atoms with Gasteiger partial charge in [0.15, 0.2) is 0 Å². The van der Waals surface area contributed by atoms with Crippen molar-refractivity contribution in [2.75, 3.05) is 46.4 Å². The Balaban J connectivity index is 1.76. The van der Waals surface area contributed by atoms with Gasteiger partial charge in [0.2, 0.25) is 0 Å². The Kier molecular flexibility index (Phi) is 9.35. The molecule has 2 aliphatic heterocycles. The zero-order valence-electron chi connectivity index (χ0n) is 19.2. The van der Waals surface area contributed by atoms with Gasteiger partial charge < -0.3 is 14.7 Å². The number of carbonyl (C=O) groups excluding carboxylic acids is 1. The molecule has 2 saturated heterocycles. The second-order valence-electron chi connectivity index (χ2n) is 9.66. The molecule has 29 heavy (non-hydrogen) atoms. The minimum Gasteiger partial charge on any atom is -0.468 e. The first-order chi connectivity index (χ1) is 13.7. The van der Waals surface area contributed by atoms with E-state index in [1.54, 1.807) is 13.8 Å². The molecule has 0 amide bonds. The van der Waals surface area contributed by atoms with Gasteiger partial charge in [0.05, 0.1) is 12.7 Å². The van der Waals surface area contributed by atoms with Gasteiger partial charge in [-0.2, -0.15) is 0 Å². The van der Waals surface area contributed by atoms with Crippen LogP contribution in [0.2, 0.25) is 0 Å². The molecule has 0 radical (unpaired) electrons. The van der Waals surface area contributed by atoms with Crippen LogP contribution in [-0.4, -0.2) is 84.5 Å². The molecule has 2 rings (SSSR count). The zero-order valence-corrected chi connectivity index (χ0v) is 19.2. The summed E-state index contributed by atoms with van der Waals surface area (Å²) < 4.78 is 5.13. The first-order valence-electron chi connectivity index (χ1n) is 11.3. The van der Waals surface area contributed by atoms with Gasteiger partial charge in [-0.15, -0.1) is 0 Å². The molecule has 0 bridgehead atoms. The Morgan fingerprint density at radius 2 is 1.79 bits per heavy atom. The molecule has 2 unspecified atom stereocenters. The van der Waals surface area contributed by atoms with E-state index in [1.165, 1.54) is 39.5 Å². The minimum absolute atomic E-state index is 0.0986. The summed E-state index contributed by atoms with van der Waals surface area (Å²) in [6, 6.07) is -0.126. The molecular weight excluding hydrogens is 370 g/mol. The standard InChI is InChI=1S/C22H43N3O4/c1-21(2,27)22(3,4)29-23-12-9-10-18-11-15-25(19(18)20(26)28-5)17-16-24-13-7-6-8-14-24/h18-19,23,27H,6-17H2,1-5H3. The quantitative estimate of drug-likeness (QED) is 0.305. The fraction of sp³-hybridized carbons (Fsp3) is 0.955. The van der Waals surface area contributed by atoms with Crippen LogP contribution < -0.4 is 5.48 Å². The summed E-state index contributed by atoms with van der Waals surface area (Å²) in [5.41, 5.74) is 1.38. The first kappa shape index (κ1) is 24.5. The van der Waals surface area contributed by atoms with Crippen molar-refractivity contribution < 1.29 is 19.5 Å². The number of hydroxylamine groups is 1. The van der Waals surface area contributed by atoms with Gasteiger partial charge in [0.1, 0.15) is 11.6 Å². The van der Waals surface area contributed by atoms with Crippen molar-refractivity contribution in [2.45, 2.75) is 83.5 Å². The SMILES string of the molecule is COC(=O)C1C(CCCNOC(C)(C)C(C)(C)O)CCN1CCN1CCCCC1. The lowest BCUT2D eigenvalue weighted by Gasteiger charge is -2.36. The number of nitrogens with one attached hydrogen (secondary N) is 1. The summed E-state index contributed by atoms with van der Waals surface area (Å²) in [4.78, 5) is 23.0. The number of hydrogen-bond acceptors (Lipinski definition) is 7. The molecule has 2 aliphatic rings. The molecule has 0 spiro atoms. The number of methoxy groups -OCH3 is 1. The molecule has 7 nitrogen and oxygen atoms in total. The van der Waals surface area contributed by atoms with Crippen molar-refractivity contribution in [1.82, 2.24) is 15.3 Å². The molecule has 7 heteroatoms. The average Bonchev–Trinajstić information content (AvgIpc) is 3.08. The molecule has 2 atom stereocenters. The molecule has 0 aliphatic carbocycles. The molecule has 0 saturated carbocycles. The lowest BCUT2D eigenvalue weighted by molar-refractivity contribution is -0.183. The molecule has 0 aromatic rings. The topological polar surface area (TPSA) is 74.3 Å². The van der Waals surface area contributed by atoms with Crippen LogP contribution in [0.1, 0.15) is 66.2 Å². The van der Waals surface area contributed by atoms with E-state index in [9.17, 15) is 9.90 Å². The molecule has 2 fully saturated rings. The highest BCUT2D eigenvalue weighted by Crippen LogP contribution is 2.29. The molecule has 170 valence electrons. The van der Waals surface area contributed by atoms with Crippen LogP contribution in [0.4, 0.5) is 0 Å².